The highest BCUT2D eigenvalue weighted by molar-refractivity contribution is 5.94. The van der Waals surface area contributed by atoms with Crippen LogP contribution in [0.5, 0.6) is 11.6 Å². The van der Waals surface area contributed by atoms with Gasteiger partial charge in [-0.05, 0) is 37.6 Å². The van der Waals surface area contributed by atoms with Crippen molar-refractivity contribution in [3.63, 3.8) is 0 Å². The number of hydrogen-bond donors (Lipinski definition) is 0. The third kappa shape index (κ3) is 4.04. The Hall–Kier alpha value is -3.43. The van der Waals surface area contributed by atoms with Gasteiger partial charge < -0.3 is 14.2 Å². The van der Waals surface area contributed by atoms with Gasteiger partial charge in [-0.1, -0.05) is 13.3 Å². The van der Waals surface area contributed by atoms with Crippen molar-refractivity contribution in [1.29, 1.82) is 0 Å². The van der Waals surface area contributed by atoms with Crippen molar-refractivity contribution in [3.05, 3.63) is 59.4 Å². The highest BCUT2D eigenvalue weighted by Crippen LogP contribution is 2.34. The van der Waals surface area contributed by atoms with Gasteiger partial charge in [0.05, 0.1) is 23.6 Å². The van der Waals surface area contributed by atoms with Gasteiger partial charge in [0.15, 0.2) is 11.6 Å². The van der Waals surface area contributed by atoms with Crippen LogP contribution in [0.3, 0.4) is 0 Å². The summed E-state index contributed by atoms with van der Waals surface area (Å²) < 4.78 is 59.8. The van der Waals surface area contributed by atoms with Crippen molar-refractivity contribution in [1.82, 2.24) is 19.4 Å². The van der Waals surface area contributed by atoms with Gasteiger partial charge in [-0.15, -0.1) is 0 Å². The first kappa shape index (κ1) is 21.8. The van der Waals surface area contributed by atoms with Crippen LogP contribution in [-0.4, -0.2) is 31.9 Å². The molecule has 168 valence electrons. The van der Waals surface area contributed by atoms with Gasteiger partial charge in [0, 0.05) is 24.4 Å². The Morgan fingerprint density at radius 2 is 1.97 bits per heavy atom. The Balaban J connectivity index is 1.58. The lowest BCUT2D eigenvalue weighted by Crippen LogP contribution is -2.26. The van der Waals surface area contributed by atoms with Crippen LogP contribution in [0.2, 0.25) is 0 Å². The number of amides is 1. The molecule has 0 unspecified atom stereocenters. The molecule has 0 N–H and O–H groups in total. The van der Waals surface area contributed by atoms with Crippen molar-refractivity contribution in [3.8, 4) is 22.9 Å². The highest BCUT2D eigenvalue weighted by Gasteiger charge is 2.33. The number of nitrogens with zero attached hydrogens (tertiary/aromatic N) is 4. The van der Waals surface area contributed by atoms with Crippen molar-refractivity contribution in [2.75, 3.05) is 6.54 Å². The Labute approximate surface area is 181 Å². The summed E-state index contributed by atoms with van der Waals surface area (Å²) >= 11 is 0. The van der Waals surface area contributed by atoms with Gasteiger partial charge in [-0.25, -0.2) is 14.4 Å². The maximum Gasteiger partial charge on any atom is 0.417 e. The number of benzene rings is 1. The molecule has 1 aliphatic rings. The molecule has 0 saturated carbocycles. The molecule has 0 fully saturated rings. The number of halogens is 4. The van der Waals surface area contributed by atoms with E-state index in [2.05, 4.69) is 9.97 Å². The molecular formula is C22H20F4N4O2. The van der Waals surface area contributed by atoms with Crippen LogP contribution in [0.25, 0.3) is 11.3 Å². The number of aryl methyl sites for hydroxylation is 1. The third-order valence-corrected chi connectivity index (χ3v) is 5.20. The number of ether oxygens (including phenoxy) is 1. The smallest absolute Gasteiger partial charge is 0.417 e. The number of carbonyl (C=O) groups is 1. The topological polar surface area (TPSA) is 60.3 Å². The van der Waals surface area contributed by atoms with E-state index < -0.39 is 17.6 Å². The van der Waals surface area contributed by atoms with Crippen LogP contribution in [0.15, 0.2) is 36.5 Å². The first-order chi connectivity index (χ1) is 15.2. The van der Waals surface area contributed by atoms with Crippen molar-refractivity contribution < 1.29 is 27.1 Å². The predicted molar refractivity (Wildman–Crippen MR) is 108 cm³/mol. The lowest BCUT2D eigenvalue weighted by Gasteiger charge is -2.16. The summed E-state index contributed by atoms with van der Waals surface area (Å²) in [4.78, 5) is 22.2. The molecule has 0 saturated heterocycles. The van der Waals surface area contributed by atoms with Crippen LogP contribution in [0.4, 0.5) is 17.6 Å². The minimum Gasteiger partial charge on any atom is -0.436 e. The maximum atomic E-state index is 14.8. The first-order valence-electron chi connectivity index (χ1n) is 10.1. The van der Waals surface area contributed by atoms with E-state index in [-0.39, 0.29) is 17.5 Å². The molecular weight excluding hydrogens is 428 g/mol. The molecule has 0 radical (unpaired) electrons. The average Bonchev–Trinajstić information content (AvgIpc) is 3.22. The molecule has 1 aromatic carbocycles. The van der Waals surface area contributed by atoms with E-state index in [4.69, 9.17) is 4.74 Å². The fourth-order valence-electron chi connectivity index (χ4n) is 3.59. The molecule has 6 nitrogen and oxygen atoms in total. The summed E-state index contributed by atoms with van der Waals surface area (Å²) in [6.45, 7) is 4.76. The lowest BCUT2D eigenvalue weighted by molar-refractivity contribution is -0.137. The highest BCUT2D eigenvalue weighted by atomic mass is 19.4. The SMILES string of the molecule is CCCCN1Cn2c(nc(C)c2-c2ccc(Oc3ccc(C(F)(F)F)cn3)c(F)c2)C1=O. The molecule has 0 bridgehead atoms. The third-order valence-electron chi connectivity index (χ3n) is 5.20. The fourth-order valence-corrected chi connectivity index (χ4v) is 3.59. The summed E-state index contributed by atoms with van der Waals surface area (Å²) in [6, 6.07) is 6.07. The number of rotatable bonds is 6. The normalized spacial score (nSPS) is 13.6. The second-order valence-electron chi connectivity index (χ2n) is 7.49. The zero-order valence-corrected chi connectivity index (χ0v) is 17.4. The van der Waals surface area contributed by atoms with E-state index in [9.17, 15) is 22.4 Å². The van der Waals surface area contributed by atoms with E-state index >= 15 is 0 Å². The minimum atomic E-state index is -4.52. The molecule has 3 aromatic rings. The number of unbranched alkanes of at least 4 members (excludes halogenated alkanes) is 1. The van der Waals surface area contributed by atoms with E-state index in [1.165, 1.54) is 12.1 Å². The molecule has 10 heteroatoms. The van der Waals surface area contributed by atoms with E-state index in [1.54, 1.807) is 22.5 Å². The van der Waals surface area contributed by atoms with Crippen LogP contribution in [-0.2, 0) is 12.8 Å². The number of pyridine rings is 1. The largest absolute Gasteiger partial charge is 0.436 e. The molecule has 3 heterocycles. The van der Waals surface area contributed by atoms with Crippen LogP contribution < -0.4 is 4.74 Å². The molecule has 0 atom stereocenters. The van der Waals surface area contributed by atoms with Crippen LogP contribution in [0.1, 0.15) is 41.6 Å². The predicted octanol–water partition coefficient (Wildman–Crippen LogP) is 5.42. The molecule has 0 spiro atoms. The number of alkyl halides is 3. The maximum absolute atomic E-state index is 14.8. The fraction of sp³-hybridized carbons (Fsp3) is 0.318. The number of hydrogen-bond acceptors (Lipinski definition) is 4. The molecule has 2 aromatic heterocycles. The molecule has 4 rings (SSSR count). The summed E-state index contributed by atoms with van der Waals surface area (Å²) in [7, 11) is 0. The molecule has 0 aliphatic carbocycles. The molecule has 1 amide bonds. The second-order valence-corrected chi connectivity index (χ2v) is 7.49. The minimum absolute atomic E-state index is 0.151. The van der Waals surface area contributed by atoms with E-state index in [0.717, 1.165) is 25.0 Å². The zero-order chi connectivity index (χ0) is 23.0. The van der Waals surface area contributed by atoms with Crippen LogP contribution in [0, 0.1) is 12.7 Å². The van der Waals surface area contributed by atoms with E-state index in [0.29, 0.717) is 42.2 Å². The second kappa shape index (κ2) is 8.25. The number of fused-ring (bicyclic) bond motifs is 1. The average molecular weight is 448 g/mol. The Morgan fingerprint density at radius 3 is 2.59 bits per heavy atom. The van der Waals surface area contributed by atoms with Crippen molar-refractivity contribution in [2.24, 2.45) is 0 Å². The Kier molecular flexibility index (Phi) is 5.62. The summed E-state index contributed by atoms with van der Waals surface area (Å²) in [6.07, 6.45) is -2.06. The van der Waals surface area contributed by atoms with Gasteiger partial charge in [0.1, 0.15) is 0 Å². The van der Waals surface area contributed by atoms with Crippen LogP contribution >= 0.6 is 0 Å². The lowest BCUT2D eigenvalue weighted by atomic mass is 10.1. The number of carbonyl (C=O) groups excluding carboxylic acids is 1. The summed E-state index contributed by atoms with van der Waals surface area (Å²) in [5, 5.41) is 0. The number of imidazole rings is 1. The van der Waals surface area contributed by atoms with Gasteiger partial charge in [0.2, 0.25) is 11.7 Å². The van der Waals surface area contributed by atoms with E-state index in [1.807, 2.05) is 6.92 Å². The Bertz CT molecular complexity index is 1160. The molecule has 1 aliphatic heterocycles. The van der Waals surface area contributed by atoms with Gasteiger partial charge in [-0.2, -0.15) is 13.2 Å². The van der Waals surface area contributed by atoms with Gasteiger partial charge in [0.25, 0.3) is 5.91 Å². The quantitative estimate of drug-likeness (QED) is 0.473. The standard InChI is InChI=1S/C22H20F4N4O2/c1-3-4-9-29-12-30-19(13(2)28-20(30)21(29)31)14-5-7-17(16(23)10-14)32-18-8-6-15(11-27-18)22(24,25)26/h5-8,10-11H,3-4,9,12H2,1-2H3. The van der Waals surface area contributed by atoms with Gasteiger partial charge in [-0.3, -0.25) is 4.79 Å². The Morgan fingerprint density at radius 1 is 1.19 bits per heavy atom. The van der Waals surface area contributed by atoms with Gasteiger partial charge >= 0.3 is 6.18 Å². The summed E-state index contributed by atoms with van der Waals surface area (Å²) in [5.74, 6) is -0.889. The van der Waals surface area contributed by atoms with Crippen molar-refractivity contribution in [2.45, 2.75) is 39.5 Å². The molecule has 32 heavy (non-hydrogen) atoms. The monoisotopic (exact) mass is 448 g/mol. The zero-order valence-electron chi connectivity index (χ0n) is 17.4. The number of aromatic nitrogens is 3. The van der Waals surface area contributed by atoms with Crippen molar-refractivity contribution >= 4 is 5.91 Å². The first-order valence-corrected chi connectivity index (χ1v) is 10.1. The summed E-state index contributed by atoms with van der Waals surface area (Å²) in [5.41, 5.74) is 0.816.